The van der Waals surface area contributed by atoms with Crippen molar-refractivity contribution in [1.82, 2.24) is 0 Å². The van der Waals surface area contributed by atoms with Gasteiger partial charge in [0.15, 0.2) is 0 Å². The Morgan fingerprint density at radius 2 is 2.58 bits per heavy atom. The highest BCUT2D eigenvalue weighted by atomic mass is 16.6. The van der Waals surface area contributed by atoms with Gasteiger partial charge in [-0.15, -0.1) is 0 Å². The first-order valence-corrected chi connectivity index (χ1v) is 4.97. The normalized spacial score (nSPS) is 41.7. The fourth-order valence-corrected chi connectivity index (χ4v) is 2.05. The first-order valence-electron chi connectivity index (χ1n) is 4.97. The highest BCUT2D eigenvalue weighted by Crippen LogP contribution is 2.45. The molecule has 2 heteroatoms. The maximum absolute atomic E-state index is 5.75. The van der Waals surface area contributed by atoms with E-state index in [1.165, 1.54) is 19.3 Å². The molecule has 3 atom stereocenters. The van der Waals surface area contributed by atoms with E-state index in [2.05, 4.69) is 18.8 Å². The number of aliphatic imine (C=N–C) groups is 1. The van der Waals surface area contributed by atoms with Gasteiger partial charge in [0, 0.05) is 12.8 Å². The summed E-state index contributed by atoms with van der Waals surface area (Å²) in [6.45, 7) is 5.49. The second kappa shape index (κ2) is 2.84. The molecule has 0 bridgehead atoms. The maximum atomic E-state index is 5.75. The topological polar surface area (TPSA) is 24.9 Å². The second-order valence-corrected chi connectivity index (χ2v) is 4.02. The molecule has 68 valence electrons. The monoisotopic (exact) mass is 167 g/mol. The fourth-order valence-electron chi connectivity index (χ4n) is 2.05. The number of rotatable bonds is 2. The van der Waals surface area contributed by atoms with Gasteiger partial charge in [0.1, 0.15) is 5.60 Å². The largest absolute Gasteiger partial charge is 0.360 e. The number of epoxide rings is 1. The van der Waals surface area contributed by atoms with E-state index < -0.39 is 0 Å². The summed E-state index contributed by atoms with van der Waals surface area (Å²) in [6.07, 6.45) is 6.11. The Balaban J connectivity index is 1.99. The van der Waals surface area contributed by atoms with Gasteiger partial charge in [-0.25, -0.2) is 0 Å². The van der Waals surface area contributed by atoms with Crippen LogP contribution in [0.3, 0.4) is 0 Å². The first kappa shape index (κ1) is 8.24. The van der Waals surface area contributed by atoms with Crippen molar-refractivity contribution < 1.29 is 4.74 Å². The van der Waals surface area contributed by atoms with Crippen LogP contribution in [0, 0.1) is 5.92 Å². The molecule has 2 aliphatic rings. The molecule has 0 aromatic heterocycles. The first-order chi connectivity index (χ1) is 5.78. The third-order valence-corrected chi connectivity index (χ3v) is 3.10. The van der Waals surface area contributed by atoms with E-state index in [0.717, 1.165) is 6.54 Å². The van der Waals surface area contributed by atoms with E-state index >= 15 is 0 Å². The van der Waals surface area contributed by atoms with Crippen molar-refractivity contribution in [2.75, 3.05) is 6.54 Å². The molecule has 1 spiro atoms. The van der Waals surface area contributed by atoms with E-state index in [4.69, 9.17) is 4.74 Å². The lowest BCUT2D eigenvalue weighted by atomic mass is 9.90. The van der Waals surface area contributed by atoms with Crippen LogP contribution in [0.5, 0.6) is 0 Å². The molecule has 2 heterocycles. The smallest absolute Gasteiger partial charge is 0.130 e. The zero-order valence-corrected chi connectivity index (χ0v) is 7.92. The number of hydrogen-bond acceptors (Lipinski definition) is 2. The summed E-state index contributed by atoms with van der Waals surface area (Å²) in [4.78, 5) is 4.31. The van der Waals surface area contributed by atoms with Gasteiger partial charge in [0.05, 0.1) is 6.10 Å². The summed E-state index contributed by atoms with van der Waals surface area (Å²) >= 11 is 0. The van der Waals surface area contributed by atoms with Crippen molar-refractivity contribution >= 4 is 6.21 Å². The summed E-state index contributed by atoms with van der Waals surface area (Å²) < 4.78 is 5.75. The van der Waals surface area contributed by atoms with Crippen molar-refractivity contribution in [3.63, 3.8) is 0 Å². The number of ether oxygens (including phenoxy) is 1. The van der Waals surface area contributed by atoms with Crippen molar-refractivity contribution in [3.05, 3.63) is 0 Å². The summed E-state index contributed by atoms with van der Waals surface area (Å²) in [5.41, 5.74) is 0.0771. The van der Waals surface area contributed by atoms with Gasteiger partial charge in [-0.3, -0.25) is 4.99 Å². The summed E-state index contributed by atoms with van der Waals surface area (Å²) in [6, 6.07) is 0. The minimum Gasteiger partial charge on any atom is -0.360 e. The average molecular weight is 167 g/mol. The van der Waals surface area contributed by atoms with Gasteiger partial charge in [-0.1, -0.05) is 20.3 Å². The minimum absolute atomic E-state index is 0.0771. The molecule has 0 aromatic rings. The van der Waals surface area contributed by atoms with Gasteiger partial charge in [-0.05, 0) is 18.8 Å². The van der Waals surface area contributed by atoms with Gasteiger partial charge in [0.2, 0.25) is 0 Å². The molecule has 1 saturated heterocycles. The summed E-state index contributed by atoms with van der Waals surface area (Å²) in [7, 11) is 0. The number of hydrogen-bond donors (Lipinski definition) is 0. The molecule has 0 saturated carbocycles. The van der Waals surface area contributed by atoms with Gasteiger partial charge < -0.3 is 4.74 Å². The van der Waals surface area contributed by atoms with Crippen LogP contribution < -0.4 is 0 Å². The van der Waals surface area contributed by atoms with E-state index in [-0.39, 0.29) is 5.60 Å². The van der Waals surface area contributed by atoms with Gasteiger partial charge >= 0.3 is 0 Å². The van der Waals surface area contributed by atoms with Crippen LogP contribution in [0.25, 0.3) is 0 Å². The van der Waals surface area contributed by atoms with Crippen molar-refractivity contribution in [3.8, 4) is 0 Å². The van der Waals surface area contributed by atoms with E-state index in [9.17, 15) is 0 Å². The molecule has 12 heavy (non-hydrogen) atoms. The molecule has 2 nitrogen and oxygen atoms in total. The molecular weight excluding hydrogens is 150 g/mol. The molecule has 2 rings (SSSR count). The zero-order valence-electron chi connectivity index (χ0n) is 7.92. The molecule has 1 fully saturated rings. The lowest BCUT2D eigenvalue weighted by Gasteiger charge is -2.13. The molecule has 0 N–H and O–H groups in total. The van der Waals surface area contributed by atoms with Crippen molar-refractivity contribution in [1.29, 1.82) is 0 Å². The third kappa shape index (κ3) is 1.18. The molecule has 0 amide bonds. The van der Waals surface area contributed by atoms with Crippen LogP contribution in [0.2, 0.25) is 0 Å². The second-order valence-electron chi connectivity index (χ2n) is 4.02. The van der Waals surface area contributed by atoms with Gasteiger partial charge in [0.25, 0.3) is 0 Å². The predicted molar refractivity (Wildman–Crippen MR) is 49.7 cm³/mol. The molecule has 0 aliphatic carbocycles. The Morgan fingerprint density at radius 3 is 3.17 bits per heavy atom. The van der Waals surface area contributed by atoms with Crippen LogP contribution in [0.1, 0.15) is 33.1 Å². The average Bonchev–Trinajstić information content (AvgIpc) is 2.80. The molecule has 0 aromatic carbocycles. The third-order valence-electron chi connectivity index (χ3n) is 3.10. The standard InChI is InChI=1S/C10H17NO/c1-3-8(2)9-10(12-9)5-4-6-11-7-10/h7-9H,3-6H2,1-2H3/t8-,9-,10-/m1/s1. The Kier molecular flexibility index (Phi) is 1.95. The number of nitrogens with zero attached hydrogens (tertiary/aromatic N) is 1. The molecule has 2 aliphatic heterocycles. The SMILES string of the molecule is CC[C@@H](C)[C@H]1O[C@]12C=NCCC2. The fraction of sp³-hybridized carbons (Fsp3) is 0.900. The van der Waals surface area contributed by atoms with Crippen molar-refractivity contribution in [2.24, 2.45) is 10.9 Å². The Morgan fingerprint density at radius 1 is 1.75 bits per heavy atom. The van der Waals surface area contributed by atoms with Crippen LogP contribution in [-0.2, 0) is 4.74 Å². The summed E-state index contributed by atoms with van der Waals surface area (Å²) in [5.74, 6) is 0.689. The minimum atomic E-state index is 0.0771. The molecular formula is C10H17NO. The highest BCUT2D eigenvalue weighted by Gasteiger charge is 2.57. The van der Waals surface area contributed by atoms with Crippen LogP contribution in [-0.4, -0.2) is 24.5 Å². The molecule has 0 unspecified atom stereocenters. The maximum Gasteiger partial charge on any atom is 0.130 e. The summed E-state index contributed by atoms with van der Waals surface area (Å²) in [5, 5.41) is 0. The molecule has 0 radical (unpaired) electrons. The highest BCUT2D eigenvalue weighted by molar-refractivity contribution is 5.74. The van der Waals surface area contributed by atoms with Crippen molar-refractivity contribution in [2.45, 2.75) is 44.8 Å². The van der Waals surface area contributed by atoms with E-state index in [1.54, 1.807) is 0 Å². The Bertz CT molecular complexity index is 202. The zero-order chi connectivity index (χ0) is 8.60. The van der Waals surface area contributed by atoms with E-state index in [0.29, 0.717) is 12.0 Å². The predicted octanol–water partition coefficient (Wildman–Crippen LogP) is 2.03. The van der Waals surface area contributed by atoms with Crippen LogP contribution in [0.4, 0.5) is 0 Å². The quantitative estimate of drug-likeness (QED) is 0.578. The Labute approximate surface area is 74.0 Å². The van der Waals surface area contributed by atoms with Crippen LogP contribution >= 0.6 is 0 Å². The lowest BCUT2D eigenvalue weighted by molar-refractivity contribution is 0.299. The van der Waals surface area contributed by atoms with Gasteiger partial charge in [-0.2, -0.15) is 0 Å². The van der Waals surface area contributed by atoms with E-state index in [1.807, 2.05) is 6.21 Å². The lowest BCUT2D eigenvalue weighted by Crippen LogP contribution is -2.24. The Hall–Kier alpha value is -0.370. The van der Waals surface area contributed by atoms with Crippen LogP contribution in [0.15, 0.2) is 4.99 Å².